The van der Waals surface area contributed by atoms with Crippen LogP contribution in [0.25, 0.3) is 16.8 Å². The number of pyridine rings is 1. The second kappa shape index (κ2) is 8.55. The molecular formula is C19H24N6O3. The summed E-state index contributed by atoms with van der Waals surface area (Å²) in [7, 11) is 5.09. The number of amides is 1. The summed E-state index contributed by atoms with van der Waals surface area (Å²) in [5.41, 5.74) is 3.29. The Balaban J connectivity index is 1.82. The topological polar surface area (TPSA) is 93.9 Å². The average Bonchev–Trinajstić information content (AvgIpc) is 3.13. The van der Waals surface area contributed by atoms with Gasteiger partial charge in [0.25, 0.3) is 0 Å². The van der Waals surface area contributed by atoms with Crippen LogP contribution >= 0.6 is 0 Å². The highest BCUT2D eigenvalue weighted by atomic mass is 16.5. The molecule has 0 fully saturated rings. The molecule has 3 rings (SSSR count). The molecule has 9 nitrogen and oxygen atoms in total. The summed E-state index contributed by atoms with van der Waals surface area (Å²) in [5.74, 6) is 1.34. The van der Waals surface area contributed by atoms with E-state index in [2.05, 4.69) is 15.4 Å². The highest BCUT2D eigenvalue weighted by molar-refractivity contribution is 5.80. The van der Waals surface area contributed by atoms with Crippen LogP contribution in [0.5, 0.6) is 5.88 Å². The van der Waals surface area contributed by atoms with E-state index in [4.69, 9.17) is 14.5 Å². The van der Waals surface area contributed by atoms with Gasteiger partial charge in [-0.2, -0.15) is 5.10 Å². The molecule has 28 heavy (non-hydrogen) atoms. The number of methoxy groups -OCH3 is 1. The molecule has 0 aliphatic rings. The second-order valence-corrected chi connectivity index (χ2v) is 6.28. The first-order valence-electron chi connectivity index (χ1n) is 8.95. The molecule has 0 radical (unpaired) electrons. The molecule has 0 unspecified atom stereocenters. The van der Waals surface area contributed by atoms with Gasteiger partial charge in [-0.1, -0.05) is 0 Å². The van der Waals surface area contributed by atoms with Crippen molar-refractivity contribution >= 4 is 17.6 Å². The number of fused-ring (bicyclic) bond motifs is 1. The number of alkyl carbamates (subject to hydrolysis) is 1. The van der Waals surface area contributed by atoms with E-state index in [0.29, 0.717) is 25.5 Å². The molecule has 3 aromatic rings. The number of carbonyl (C=O) groups excluding carboxylic acids is 1. The molecule has 0 bridgehead atoms. The third-order valence-electron chi connectivity index (χ3n) is 4.30. The number of aromatic nitrogens is 4. The van der Waals surface area contributed by atoms with Crippen LogP contribution < -0.4 is 15.0 Å². The predicted molar refractivity (Wildman–Crippen MR) is 106 cm³/mol. The summed E-state index contributed by atoms with van der Waals surface area (Å²) in [4.78, 5) is 22.3. The zero-order valence-electron chi connectivity index (χ0n) is 16.5. The Labute approximate surface area is 163 Å². The third-order valence-corrected chi connectivity index (χ3v) is 4.30. The number of carbonyl (C=O) groups is 1. The van der Waals surface area contributed by atoms with E-state index in [1.807, 2.05) is 43.3 Å². The first-order valence-corrected chi connectivity index (χ1v) is 8.95. The highest BCUT2D eigenvalue weighted by Gasteiger charge is 2.15. The Kier molecular flexibility index (Phi) is 5.93. The Morgan fingerprint density at radius 3 is 2.82 bits per heavy atom. The van der Waals surface area contributed by atoms with Crippen molar-refractivity contribution in [3.8, 4) is 17.0 Å². The van der Waals surface area contributed by atoms with Crippen molar-refractivity contribution < 1.29 is 14.3 Å². The SMILES string of the molecule is CNC(=O)OCCCN(C)c1ccn2ncc(-c3ccc(C)nc3OC)c2n1. The van der Waals surface area contributed by atoms with E-state index in [-0.39, 0.29) is 0 Å². The van der Waals surface area contributed by atoms with Gasteiger partial charge in [-0.05, 0) is 31.5 Å². The molecule has 0 aliphatic carbocycles. The maximum atomic E-state index is 11.1. The number of hydrogen-bond donors (Lipinski definition) is 1. The van der Waals surface area contributed by atoms with E-state index in [1.54, 1.807) is 17.8 Å². The largest absolute Gasteiger partial charge is 0.481 e. The summed E-state index contributed by atoms with van der Waals surface area (Å²) in [6.45, 7) is 2.96. The molecule has 1 amide bonds. The van der Waals surface area contributed by atoms with Gasteiger partial charge in [0, 0.05) is 38.1 Å². The summed E-state index contributed by atoms with van der Waals surface area (Å²) in [5, 5.41) is 6.81. The fraction of sp³-hybridized carbons (Fsp3) is 0.368. The van der Waals surface area contributed by atoms with Crippen LogP contribution in [0.4, 0.5) is 10.6 Å². The molecule has 0 atom stereocenters. The molecule has 1 N–H and O–H groups in total. The van der Waals surface area contributed by atoms with Gasteiger partial charge < -0.3 is 19.7 Å². The second-order valence-electron chi connectivity index (χ2n) is 6.28. The van der Waals surface area contributed by atoms with E-state index < -0.39 is 6.09 Å². The number of ether oxygens (including phenoxy) is 2. The minimum atomic E-state index is -0.424. The van der Waals surface area contributed by atoms with Crippen LogP contribution in [0.1, 0.15) is 12.1 Å². The van der Waals surface area contributed by atoms with Gasteiger partial charge in [-0.25, -0.2) is 19.3 Å². The van der Waals surface area contributed by atoms with Crippen molar-refractivity contribution in [1.82, 2.24) is 24.9 Å². The summed E-state index contributed by atoms with van der Waals surface area (Å²) in [6.07, 6.45) is 3.90. The molecule has 148 valence electrons. The lowest BCUT2D eigenvalue weighted by Gasteiger charge is -2.18. The number of rotatable bonds is 7. The van der Waals surface area contributed by atoms with Crippen molar-refractivity contribution in [2.24, 2.45) is 0 Å². The Morgan fingerprint density at radius 2 is 2.07 bits per heavy atom. The maximum Gasteiger partial charge on any atom is 0.406 e. The molecule has 3 aromatic heterocycles. The number of nitrogens with zero attached hydrogens (tertiary/aromatic N) is 5. The quantitative estimate of drug-likeness (QED) is 0.625. The van der Waals surface area contributed by atoms with Crippen LogP contribution in [-0.2, 0) is 4.74 Å². The third kappa shape index (κ3) is 4.13. The predicted octanol–water partition coefficient (Wildman–Crippen LogP) is 2.29. The molecule has 3 heterocycles. The van der Waals surface area contributed by atoms with Gasteiger partial charge in [0.2, 0.25) is 5.88 Å². The van der Waals surface area contributed by atoms with Crippen LogP contribution in [0, 0.1) is 6.92 Å². The van der Waals surface area contributed by atoms with Crippen molar-refractivity contribution in [3.05, 3.63) is 36.3 Å². The van der Waals surface area contributed by atoms with Crippen molar-refractivity contribution in [1.29, 1.82) is 0 Å². The van der Waals surface area contributed by atoms with E-state index in [9.17, 15) is 4.79 Å². The lowest BCUT2D eigenvalue weighted by Crippen LogP contribution is -2.24. The Hall–Kier alpha value is -3.36. The molecule has 0 saturated heterocycles. The summed E-state index contributed by atoms with van der Waals surface area (Å²) in [6, 6.07) is 5.80. The maximum absolute atomic E-state index is 11.1. The van der Waals surface area contributed by atoms with Gasteiger partial charge in [-0.3, -0.25) is 0 Å². The molecule has 9 heteroatoms. The Bertz CT molecular complexity index is 971. The first-order chi connectivity index (χ1) is 13.5. The lowest BCUT2D eigenvalue weighted by molar-refractivity contribution is 0.147. The standard InChI is InChI=1S/C19H24N6O3/c1-13-6-7-14(18(22-13)27-4)15-12-21-25-10-8-16(23-17(15)25)24(3)9-5-11-28-19(26)20-2/h6-8,10,12H,5,9,11H2,1-4H3,(H,20,26). The molecule has 0 saturated carbocycles. The minimum absolute atomic E-state index is 0.344. The summed E-state index contributed by atoms with van der Waals surface area (Å²) >= 11 is 0. The minimum Gasteiger partial charge on any atom is -0.481 e. The normalized spacial score (nSPS) is 10.7. The van der Waals surface area contributed by atoms with Crippen LogP contribution in [0.15, 0.2) is 30.6 Å². The van der Waals surface area contributed by atoms with Gasteiger partial charge in [0.15, 0.2) is 5.65 Å². The van der Waals surface area contributed by atoms with Gasteiger partial charge in [0.1, 0.15) is 5.82 Å². The van der Waals surface area contributed by atoms with Crippen molar-refractivity contribution in [3.63, 3.8) is 0 Å². The number of hydrogen-bond acceptors (Lipinski definition) is 7. The van der Waals surface area contributed by atoms with E-state index in [0.717, 1.165) is 28.3 Å². The lowest BCUT2D eigenvalue weighted by atomic mass is 10.1. The van der Waals surface area contributed by atoms with Gasteiger partial charge >= 0.3 is 6.09 Å². The van der Waals surface area contributed by atoms with E-state index in [1.165, 1.54) is 7.05 Å². The summed E-state index contributed by atoms with van der Waals surface area (Å²) < 4.78 is 12.2. The fourth-order valence-electron chi connectivity index (χ4n) is 2.81. The van der Waals surface area contributed by atoms with E-state index >= 15 is 0 Å². The van der Waals surface area contributed by atoms with Crippen LogP contribution in [-0.4, -0.2) is 60.0 Å². The van der Waals surface area contributed by atoms with Gasteiger partial charge in [-0.15, -0.1) is 0 Å². The van der Waals surface area contributed by atoms with Gasteiger partial charge in [0.05, 0.1) is 25.5 Å². The van der Waals surface area contributed by atoms with Crippen molar-refractivity contribution in [2.45, 2.75) is 13.3 Å². The number of nitrogens with one attached hydrogen (secondary N) is 1. The highest BCUT2D eigenvalue weighted by Crippen LogP contribution is 2.31. The van der Waals surface area contributed by atoms with Crippen LogP contribution in [0.3, 0.4) is 0 Å². The molecule has 0 aromatic carbocycles. The van der Waals surface area contributed by atoms with Crippen LogP contribution in [0.2, 0.25) is 0 Å². The average molecular weight is 384 g/mol. The number of anilines is 1. The monoisotopic (exact) mass is 384 g/mol. The van der Waals surface area contributed by atoms with Crippen molar-refractivity contribution in [2.75, 3.05) is 39.3 Å². The number of aryl methyl sites for hydroxylation is 1. The Morgan fingerprint density at radius 1 is 1.25 bits per heavy atom. The molecule has 0 spiro atoms. The zero-order chi connectivity index (χ0) is 20.1. The molecule has 0 aliphatic heterocycles. The first kappa shape index (κ1) is 19.4. The zero-order valence-corrected chi connectivity index (χ0v) is 16.5. The molecular weight excluding hydrogens is 360 g/mol. The fourth-order valence-corrected chi connectivity index (χ4v) is 2.81. The smallest absolute Gasteiger partial charge is 0.406 e.